The van der Waals surface area contributed by atoms with Crippen molar-refractivity contribution in [3.8, 4) is 0 Å². The summed E-state index contributed by atoms with van der Waals surface area (Å²) in [6.07, 6.45) is 4.67. The third-order valence-electron chi connectivity index (χ3n) is 1.88. The maximum Gasteiger partial charge on any atom is 0.243 e. The van der Waals surface area contributed by atoms with Crippen molar-refractivity contribution < 1.29 is 10.0 Å². The highest BCUT2D eigenvalue weighted by molar-refractivity contribution is 5.74. The van der Waals surface area contributed by atoms with E-state index >= 15 is 0 Å². The van der Waals surface area contributed by atoms with Crippen molar-refractivity contribution in [3.63, 3.8) is 0 Å². The van der Waals surface area contributed by atoms with Crippen molar-refractivity contribution in [1.82, 2.24) is 10.4 Å². The molecule has 0 aromatic carbocycles. The van der Waals surface area contributed by atoms with E-state index in [-0.39, 0.29) is 5.91 Å². The van der Waals surface area contributed by atoms with Crippen LogP contribution in [-0.2, 0) is 4.79 Å². The number of hydrogen-bond acceptors (Lipinski definition) is 3. The van der Waals surface area contributed by atoms with Crippen LogP contribution in [0.2, 0.25) is 0 Å². The lowest BCUT2D eigenvalue weighted by Crippen LogP contribution is -2.17. The first-order chi connectivity index (χ1) is 6.16. The second-order valence-electron chi connectivity index (χ2n) is 3.50. The molecule has 78 valence electrons. The number of nitrogens with zero attached hydrogens (tertiary/aromatic N) is 1. The Hall–Kier alpha value is -0.610. The molecule has 0 aliphatic heterocycles. The van der Waals surface area contributed by atoms with Gasteiger partial charge in [0.2, 0.25) is 5.91 Å². The zero-order valence-electron chi connectivity index (χ0n) is 8.55. The molecule has 0 saturated carbocycles. The number of carbonyl (C=O) groups is 1. The highest BCUT2D eigenvalue weighted by Gasteiger charge is 1.98. The van der Waals surface area contributed by atoms with Crippen molar-refractivity contribution in [2.75, 3.05) is 20.6 Å². The molecule has 0 aromatic rings. The van der Waals surface area contributed by atoms with Gasteiger partial charge in [-0.05, 0) is 33.5 Å². The summed E-state index contributed by atoms with van der Waals surface area (Å²) in [6.45, 7) is 1.10. The normalized spacial score (nSPS) is 10.5. The first kappa shape index (κ1) is 12.4. The molecule has 1 amide bonds. The van der Waals surface area contributed by atoms with Crippen LogP contribution in [0.25, 0.3) is 0 Å². The molecule has 0 spiro atoms. The van der Waals surface area contributed by atoms with E-state index in [0.29, 0.717) is 6.42 Å². The van der Waals surface area contributed by atoms with Crippen molar-refractivity contribution >= 4 is 5.91 Å². The lowest BCUT2D eigenvalue weighted by molar-refractivity contribution is -0.129. The Labute approximate surface area is 79.9 Å². The van der Waals surface area contributed by atoms with E-state index in [4.69, 9.17) is 5.21 Å². The van der Waals surface area contributed by atoms with E-state index in [0.717, 1.165) is 25.8 Å². The number of amides is 1. The second-order valence-corrected chi connectivity index (χ2v) is 3.50. The Morgan fingerprint density at radius 3 is 2.38 bits per heavy atom. The Kier molecular flexibility index (Phi) is 7.63. The summed E-state index contributed by atoms with van der Waals surface area (Å²) in [5, 5.41) is 8.20. The Morgan fingerprint density at radius 1 is 1.23 bits per heavy atom. The zero-order chi connectivity index (χ0) is 10.1. The van der Waals surface area contributed by atoms with Gasteiger partial charge in [-0.15, -0.1) is 0 Å². The molecule has 0 unspecified atom stereocenters. The third kappa shape index (κ3) is 9.30. The van der Waals surface area contributed by atoms with Gasteiger partial charge >= 0.3 is 0 Å². The number of unbranched alkanes of at least 4 members (excludes halogenated alkanes) is 3. The molecule has 0 aliphatic rings. The minimum absolute atomic E-state index is 0.285. The van der Waals surface area contributed by atoms with Crippen LogP contribution in [0.3, 0.4) is 0 Å². The van der Waals surface area contributed by atoms with Crippen molar-refractivity contribution in [2.24, 2.45) is 0 Å². The molecule has 0 saturated heterocycles. The number of hydrogen-bond donors (Lipinski definition) is 2. The first-order valence-corrected chi connectivity index (χ1v) is 4.74. The first-order valence-electron chi connectivity index (χ1n) is 4.74. The summed E-state index contributed by atoms with van der Waals surface area (Å²) < 4.78 is 0. The molecule has 2 N–H and O–H groups in total. The summed E-state index contributed by atoms with van der Waals surface area (Å²) in [4.78, 5) is 12.7. The van der Waals surface area contributed by atoms with E-state index < -0.39 is 0 Å². The van der Waals surface area contributed by atoms with Crippen LogP contribution >= 0.6 is 0 Å². The van der Waals surface area contributed by atoms with Crippen LogP contribution in [0.15, 0.2) is 0 Å². The molecule has 13 heavy (non-hydrogen) atoms. The smallest absolute Gasteiger partial charge is 0.243 e. The monoisotopic (exact) mass is 188 g/mol. The van der Waals surface area contributed by atoms with Gasteiger partial charge in [-0.3, -0.25) is 10.0 Å². The summed E-state index contributed by atoms with van der Waals surface area (Å²) in [6, 6.07) is 0. The fraction of sp³-hybridized carbons (Fsp3) is 0.889. The van der Waals surface area contributed by atoms with Gasteiger partial charge in [-0.25, -0.2) is 5.48 Å². The molecule has 0 aromatic heterocycles. The van der Waals surface area contributed by atoms with E-state index in [2.05, 4.69) is 19.0 Å². The summed E-state index contributed by atoms with van der Waals surface area (Å²) in [5.41, 5.74) is 1.63. The lowest BCUT2D eigenvalue weighted by Gasteiger charge is -2.08. The number of rotatable bonds is 7. The summed E-state index contributed by atoms with van der Waals surface area (Å²) in [7, 11) is 4.11. The highest BCUT2D eigenvalue weighted by atomic mass is 16.5. The van der Waals surface area contributed by atoms with Crippen molar-refractivity contribution in [1.29, 1.82) is 0 Å². The van der Waals surface area contributed by atoms with E-state index in [9.17, 15) is 4.79 Å². The molecular weight excluding hydrogens is 168 g/mol. The fourth-order valence-electron chi connectivity index (χ4n) is 1.12. The van der Waals surface area contributed by atoms with Crippen LogP contribution in [0.4, 0.5) is 0 Å². The molecule has 4 nitrogen and oxygen atoms in total. The van der Waals surface area contributed by atoms with Gasteiger partial charge in [0.25, 0.3) is 0 Å². The molecule has 0 radical (unpaired) electrons. The van der Waals surface area contributed by atoms with Crippen molar-refractivity contribution in [3.05, 3.63) is 0 Å². The van der Waals surface area contributed by atoms with Crippen molar-refractivity contribution in [2.45, 2.75) is 32.1 Å². The van der Waals surface area contributed by atoms with Gasteiger partial charge in [0.05, 0.1) is 0 Å². The number of carbonyl (C=O) groups excluding carboxylic acids is 1. The minimum Gasteiger partial charge on any atom is -0.309 e. The molecule has 0 fully saturated rings. The van der Waals surface area contributed by atoms with E-state index in [1.54, 1.807) is 5.48 Å². The average molecular weight is 188 g/mol. The van der Waals surface area contributed by atoms with Gasteiger partial charge in [-0.1, -0.05) is 12.8 Å². The zero-order valence-corrected chi connectivity index (χ0v) is 8.55. The van der Waals surface area contributed by atoms with E-state index in [1.807, 2.05) is 0 Å². The fourth-order valence-corrected chi connectivity index (χ4v) is 1.12. The molecule has 0 atom stereocenters. The second kappa shape index (κ2) is 8.01. The Bertz CT molecular complexity index is 138. The summed E-state index contributed by atoms with van der Waals surface area (Å²) in [5.74, 6) is -0.285. The SMILES string of the molecule is CN(C)CCCCCCC(=O)NO. The van der Waals surface area contributed by atoms with Crippen LogP contribution in [0.1, 0.15) is 32.1 Å². The molecular formula is C9H20N2O2. The summed E-state index contributed by atoms with van der Waals surface area (Å²) >= 11 is 0. The van der Waals surface area contributed by atoms with Crippen LogP contribution in [0, 0.1) is 0 Å². The molecule has 0 aliphatic carbocycles. The predicted molar refractivity (Wildman–Crippen MR) is 51.6 cm³/mol. The maximum atomic E-state index is 10.6. The van der Waals surface area contributed by atoms with Gasteiger partial charge in [0.1, 0.15) is 0 Å². The Balaban J connectivity index is 3.04. The lowest BCUT2D eigenvalue weighted by atomic mass is 10.1. The average Bonchev–Trinajstić information content (AvgIpc) is 2.10. The highest BCUT2D eigenvalue weighted by Crippen LogP contribution is 2.02. The minimum atomic E-state index is -0.285. The third-order valence-corrected chi connectivity index (χ3v) is 1.88. The quantitative estimate of drug-likeness (QED) is 0.356. The number of hydroxylamine groups is 1. The van der Waals surface area contributed by atoms with Crippen LogP contribution in [0.5, 0.6) is 0 Å². The topological polar surface area (TPSA) is 52.6 Å². The van der Waals surface area contributed by atoms with Crippen LogP contribution < -0.4 is 5.48 Å². The molecule has 0 rings (SSSR count). The van der Waals surface area contributed by atoms with Gasteiger partial charge in [0.15, 0.2) is 0 Å². The molecule has 0 heterocycles. The largest absolute Gasteiger partial charge is 0.309 e. The van der Waals surface area contributed by atoms with Gasteiger partial charge in [-0.2, -0.15) is 0 Å². The van der Waals surface area contributed by atoms with Gasteiger partial charge in [0, 0.05) is 6.42 Å². The van der Waals surface area contributed by atoms with Gasteiger partial charge < -0.3 is 4.90 Å². The standard InChI is InChI=1S/C9H20N2O2/c1-11(2)8-6-4-3-5-7-9(12)10-13/h13H,3-8H2,1-2H3,(H,10,12). The maximum absolute atomic E-state index is 10.6. The molecule has 0 bridgehead atoms. The molecule has 4 heteroatoms. The Morgan fingerprint density at radius 2 is 1.85 bits per heavy atom. The predicted octanol–water partition coefficient (Wildman–Crippen LogP) is 1.00. The van der Waals surface area contributed by atoms with E-state index in [1.165, 1.54) is 6.42 Å². The van der Waals surface area contributed by atoms with Crippen LogP contribution in [-0.4, -0.2) is 36.7 Å². The number of nitrogens with one attached hydrogen (secondary N) is 1.